The molecule has 0 radical (unpaired) electrons. The standard InChI is InChI=1S/C13H15N3O2/c1-2-16-8-10(14)7-12(16)13(17)18-9-11-5-3-4-6-15-11/h3-8H,2,9,14H2,1H3. The molecule has 0 unspecified atom stereocenters. The van der Waals surface area contributed by atoms with Crippen molar-refractivity contribution in [3.05, 3.63) is 48.0 Å². The fourth-order valence-electron chi connectivity index (χ4n) is 1.66. The second-order valence-corrected chi connectivity index (χ2v) is 3.84. The number of esters is 1. The molecular formula is C13H15N3O2. The van der Waals surface area contributed by atoms with Crippen LogP contribution in [0.1, 0.15) is 23.1 Å². The van der Waals surface area contributed by atoms with E-state index in [1.54, 1.807) is 29.1 Å². The third kappa shape index (κ3) is 2.68. The van der Waals surface area contributed by atoms with Gasteiger partial charge in [0.05, 0.1) is 11.4 Å². The molecular weight excluding hydrogens is 230 g/mol. The highest BCUT2D eigenvalue weighted by atomic mass is 16.5. The monoisotopic (exact) mass is 245 g/mol. The van der Waals surface area contributed by atoms with Gasteiger partial charge in [0.2, 0.25) is 0 Å². The molecule has 0 bridgehead atoms. The Morgan fingerprint density at radius 3 is 3.00 bits per heavy atom. The molecule has 0 aliphatic rings. The molecule has 5 heteroatoms. The first-order chi connectivity index (χ1) is 8.70. The Hall–Kier alpha value is -2.30. The van der Waals surface area contributed by atoms with Crippen LogP contribution in [0.2, 0.25) is 0 Å². The molecule has 0 atom stereocenters. The largest absolute Gasteiger partial charge is 0.455 e. The van der Waals surface area contributed by atoms with Gasteiger partial charge in [0.15, 0.2) is 0 Å². The summed E-state index contributed by atoms with van der Waals surface area (Å²) in [5.41, 5.74) is 7.40. The zero-order valence-corrected chi connectivity index (χ0v) is 10.2. The number of nitrogens with zero attached hydrogens (tertiary/aromatic N) is 2. The van der Waals surface area contributed by atoms with Gasteiger partial charge >= 0.3 is 5.97 Å². The molecule has 0 amide bonds. The third-order valence-electron chi connectivity index (χ3n) is 2.54. The molecule has 0 spiro atoms. The first kappa shape index (κ1) is 12.2. The molecule has 0 saturated heterocycles. The van der Waals surface area contributed by atoms with E-state index in [-0.39, 0.29) is 12.6 Å². The van der Waals surface area contributed by atoms with Crippen LogP contribution in [0.5, 0.6) is 0 Å². The number of ether oxygens (including phenoxy) is 1. The molecule has 2 N–H and O–H groups in total. The lowest BCUT2D eigenvalue weighted by molar-refractivity contribution is 0.0455. The summed E-state index contributed by atoms with van der Waals surface area (Å²) >= 11 is 0. The number of hydrogen-bond donors (Lipinski definition) is 1. The highest BCUT2D eigenvalue weighted by molar-refractivity contribution is 5.89. The van der Waals surface area contributed by atoms with Crippen molar-refractivity contribution in [1.82, 2.24) is 9.55 Å². The van der Waals surface area contributed by atoms with Crippen molar-refractivity contribution in [2.75, 3.05) is 5.73 Å². The fourth-order valence-corrected chi connectivity index (χ4v) is 1.66. The van der Waals surface area contributed by atoms with Crippen LogP contribution in [0.15, 0.2) is 36.7 Å². The van der Waals surface area contributed by atoms with Gasteiger partial charge in [0.25, 0.3) is 0 Å². The minimum absolute atomic E-state index is 0.161. The van der Waals surface area contributed by atoms with Crippen LogP contribution >= 0.6 is 0 Å². The summed E-state index contributed by atoms with van der Waals surface area (Å²) in [5, 5.41) is 0. The van der Waals surface area contributed by atoms with Gasteiger partial charge in [-0.15, -0.1) is 0 Å². The van der Waals surface area contributed by atoms with Crippen molar-refractivity contribution < 1.29 is 9.53 Å². The first-order valence-electron chi connectivity index (χ1n) is 5.73. The SMILES string of the molecule is CCn1cc(N)cc1C(=O)OCc1ccccn1. The molecule has 94 valence electrons. The predicted octanol–water partition coefficient (Wildman–Crippen LogP) is 1.84. The van der Waals surface area contributed by atoms with Gasteiger partial charge < -0.3 is 15.0 Å². The Labute approximate surface area is 105 Å². The van der Waals surface area contributed by atoms with Crippen molar-refractivity contribution in [2.24, 2.45) is 0 Å². The molecule has 5 nitrogen and oxygen atoms in total. The van der Waals surface area contributed by atoms with E-state index in [2.05, 4.69) is 4.98 Å². The van der Waals surface area contributed by atoms with Crippen LogP contribution in [0.3, 0.4) is 0 Å². The van der Waals surface area contributed by atoms with Gasteiger partial charge in [-0.3, -0.25) is 4.98 Å². The maximum atomic E-state index is 11.9. The van der Waals surface area contributed by atoms with Crippen molar-refractivity contribution in [3.63, 3.8) is 0 Å². The summed E-state index contributed by atoms with van der Waals surface area (Å²) in [6.07, 6.45) is 3.38. The number of anilines is 1. The Bertz CT molecular complexity index is 534. The third-order valence-corrected chi connectivity index (χ3v) is 2.54. The fraction of sp³-hybridized carbons (Fsp3) is 0.231. The first-order valence-corrected chi connectivity index (χ1v) is 5.73. The van der Waals surface area contributed by atoms with Gasteiger partial charge in [0.1, 0.15) is 12.3 Å². The average molecular weight is 245 g/mol. The summed E-state index contributed by atoms with van der Waals surface area (Å²) in [6.45, 7) is 2.77. The molecule has 2 rings (SSSR count). The topological polar surface area (TPSA) is 70.1 Å². The average Bonchev–Trinajstić information content (AvgIpc) is 2.78. The molecule has 2 aromatic heterocycles. The summed E-state index contributed by atoms with van der Waals surface area (Å²) in [5.74, 6) is -0.390. The van der Waals surface area contributed by atoms with Crippen LogP contribution in [-0.4, -0.2) is 15.5 Å². The van der Waals surface area contributed by atoms with Crippen molar-refractivity contribution >= 4 is 11.7 Å². The number of nitrogen functional groups attached to an aromatic ring is 1. The predicted molar refractivity (Wildman–Crippen MR) is 67.9 cm³/mol. The molecule has 0 saturated carbocycles. The van der Waals surface area contributed by atoms with Gasteiger partial charge in [0, 0.05) is 18.9 Å². The van der Waals surface area contributed by atoms with Crippen molar-refractivity contribution in [3.8, 4) is 0 Å². The zero-order valence-electron chi connectivity index (χ0n) is 10.2. The highest BCUT2D eigenvalue weighted by Gasteiger charge is 2.13. The second-order valence-electron chi connectivity index (χ2n) is 3.84. The molecule has 0 aromatic carbocycles. The van der Waals surface area contributed by atoms with Gasteiger partial charge in [-0.2, -0.15) is 0 Å². The van der Waals surface area contributed by atoms with Crippen LogP contribution in [-0.2, 0) is 17.9 Å². The number of carbonyl (C=O) groups is 1. The summed E-state index contributed by atoms with van der Waals surface area (Å²) in [7, 11) is 0. The van der Waals surface area contributed by atoms with Gasteiger partial charge in [-0.25, -0.2) is 4.79 Å². The van der Waals surface area contributed by atoms with Crippen molar-refractivity contribution in [1.29, 1.82) is 0 Å². The number of aryl methyl sites for hydroxylation is 1. The van der Waals surface area contributed by atoms with E-state index in [0.717, 1.165) is 0 Å². The van der Waals surface area contributed by atoms with Crippen molar-refractivity contribution in [2.45, 2.75) is 20.1 Å². The second kappa shape index (κ2) is 5.35. The Morgan fingerprint density at radius 1 is 1.50 bits per heavy atom. The lowest BCUT2D eigenvalue weighted by Gasteiger charge is -2.06. The summed E-state index contributed by atoms with van der Waals surface area (Å²) < 4.78 is 6.95. The highest BCUT2D eigenvalue weighted by Crippen LogP contribution is 2.12. The van der Waals surface area contributed by atoms with E-state index in [1.165, 1.54) is 0 Å². The maximum Gasteiger partial charge on any atom is 0.355 e. The van der Waals surface area contributed by atoms with Crippen LogP contribution < -0.4 is 5.73 Å². The van der Waals surface area contributed by atoms with Gasteiger partial charge in [-0.05, 0) is 25.1 Å². The quantitative estimate of drug-likeness (QED) is 0.834. The Balaban J connectivity index is 2.04. The normalized spacial score (nSPS) is 10.3. The number of nitrogens with two attached hydrogens (primary N) is 1. The van der Waals surface area contributed by atoms with Crippen LogP contribution in [0.4, 0.5) is 5.69 Å². The van der Waals surface area contributed by atoms with E-state index in [4.69, 9.17) is 10.5 Å². The summed E-state index contributed by atoms with van der Waals surface area (Å²) in [4.78, 5) is 16.0. The zero-order chi connectivity index (χ0) is 13.0. The lowest BCUT2D eigenvalue weighted by atomic mass is 10.3. The number of aromatic nitrogens is 2. The van der Waals surface area contributed by atoms with Crippen LogP contribution in [0, 0.1) is 0 Å². The molecule has 2 aromatic rings. The lowest BCUT2D eigenvalue weighted by Crippen LogP contribution is -2.11. The Morgan fingerprint density at radius 2 is 2.33 bits per heavy atom. The van der Waals surface area contributed by atoms with Gasteiger partial charge in [-0.1, -0.05) is 6.07 Å². The number of hydrogen-bond acceptors (Lipinski definition) is 4. The number of carbonyl (C=O) groups excluding carboxylic acids is 1. The van der Waals surface area contributed by atoms with Crippen LogP contribution in [0.25, 0.3) is 0 Å². The van der Waals surface area contributed by atoms with E-state index >= 15 is 0 Å². The van der Waals surface area contributed by atoms with E-state index < -0.39 is 0 Å². The molecule has 0 aliphatic carbocycles. The number of pyridine rings is 1. The molecule has 0 fully saturated rings. The summed E-state index contributed by atoms with van der Waals surface area (Å²) in [6, 6.07) is 7.09. The van der Waals surface area contributed by atoms with E-state index in [9.17, 15) is 4.79 Å². The molecule has 0 aliphatic heterocycles. The minimum atomic E-state index is -0.390. The Kier molecular flexibility index (Phi) is 3.62. The number of rotatable bonds is 4. The van der Waals surface area contributed by atoms with E-state index in [0.29, 0.717) is 23.6 Å². The smallest absolute Gasteiger partial charge is 0.355 e. The van der Waals surface area contributed by atoms with E-state index in [1.807, 2.05) is 19.1 Å². The molecule has 2 heterocycles. The molecule has 18 heavy (non-hydrogen) atoms. The minimum Gasteiger partial charge on any atom is -0.455 e. The maximum absolute atomic E-state index is 11.9.